The van der Waals surface area contributed by atoms with Crippen LogP contribution in [0.3, 0.4) is 0 Å². The van der Waals surface area contributed by atoms with Gasteiger partial charge in [-0.25, -0.2) is 0 Å². The second-order valence-corrected chi connectivity index (χ2v) is 8.28. The van der Waals surface area contributed by atoms with Gasteiger partial charge >= 0.3 is 0 Å². The molecule has 154 valence electrons. The highest BCUT2D eigenvalue weighted by Gasteiger charge is 2.45. The third kappa shape index (κ3) is 3.09. The Kier molecular flexibility index (Phi) is 4.81. The van der Waals surface area contributed by atoms with Crippen molar-refractivity contribution in [2.24, 2.45) is 0 Å². The zero-order valence-corrected chi connectivity index (χ0v) is 17.5. The third-order valence-corrected chi connectivity index (χ3v) is 6.35. The minimum Gasteiger partial charge on any atom is -0.494 e. The number of aromatic amines is 1. The fraction of sp³-hybridized carbons (Fsp3) is 0.360. The van der Waals surface area contributed by atoms with Gasteiger partial charge in [0.2, 0.25) is 0 Å². The quantitative estimate of drug-likeness (QED) is 0.633. The molecule has 0 bridgehead atoms. The van der Waals surface area contributed by atoms with Crippen molar-refractivity contribution < 1.29 is 9.53 Å². The fourth-order valence-corrected chi connectivity index (χ4v) is 4.90. The summed E-state index contributed by atoms with van der Waals surface area (Å²) < 4.78 is 5.63. The van der Waals surface area contributed by atoms with E-state index in [1.807, 2.05) is 19.1 Å². The van der Waals surface area contributed by atoms with Gasteiger partial charge in [0.05, 0.1) is 18.3 Å². The van der Waals surface area contributed by atoms with E-state index in [1.54, 1.807) is 0 Å². The summed E-state index contributed by atoms with van der Waals surface area (Å²) in [6, 6.07) is 16.7. The Bertz CT molecular complexity index is 1050. The van der Waals surface area contributed by atoms with E-state index in [2.05, 4.69) is 58.4 Å². The molecule has 3 aromatic rings. The number of carbonyl (C=O) groups excluding carboxylic acids is 1. The second kappa shape index (κ2) is 7.63. The molecule has 1 atom stereocenters. The van der Waals surface area contributed by atoms with Crippen molar-refractivity contribution in [3.05, 3.63) is 70.9 Å². The predicted octanol–water partition coefficient (Wildman–Crippen LogP) is 5.27. The number of hydrogen-bond donors (Lipinski definition) is 1. The maximum atomic E-state index is 13.5. The Morgan fingerprint density at radius 1 is 1.07 bits per heavy atom. The summed E-state index contributed by atoms with van der Waals surface area (Å²) in [6.45, 7) is 4.70. The lowest BCUT2D eigenvalue weighted by Crippen LogP contribution is -2.37. The first kappa shape index (κ1) is 18.9. The summed E-state index contributed by atoms with van der Waals surface area (Å²) in [7, 11) is 0. The van der Waals surface area contributed by atoms with Crippen molar-refractivity contribution in [2.45, 2.75) is 51.6 Å². The Morgan fingerprint density at radius 3 is 2.43 bits per heavy atom. The zero-order valence-electron chi connectivity index (χ0n) is 17.5. The fourth-order valence-electron chi connectivity index (χ4n) is 4.90. The zero-order chi connectivity index (χ0) is 20.7. The van der Waals surface area contributed by atoms with Gasteiger partial charge in [-0.05, 0) is 44.4 Å². The van der Waals surface area contributed by atoms with E-state index in [4.69, 9.17) is 4.74 Å². The number of H-pyrrole nitrogens is 1. The lowest BCUT2D eigenvalue weighted by Gasteiger charge is -2.32. The van der Waals surface area contributed by atoms with E-state index in [-0.39, 0.29) is 18.0 Å². The van der Waals surface area contributed by atoms with Crippen molar-refractivity contribution in [2.75, 3.05) is 6.61 Å². The topological polar surface area (TPSA) is 58.2 Å². The van der Waals surface area contributed by atoms with Crippen LogP contribution in [0.4, 0.5) is 0 Å². The smallest absolute Gasteiger partial charge is 0.273 e. The molecular weight excluding hydrogens is 374 g/mol. The van der Waals surface area contributed by atoms with E-state index in [0.29, 0.717) is 12.3 Å². The number of carbonyl (C=O) groups is 1. The molecule has 2 heterocycles. The molecule has 2 aromatic carbocycles. The summed E-state index contributed by atoms with van der Waals surface area (Å²) in [6.07, 6.45) is 4.50. The van der Waals surface area contributed by atoms with Gasteiger partial charge in [0.25, 0.3) is 5.91 Å². The maximum absolute atomic E-state index is 13.5. The van der Waals surface area contributed by atoms with Crippen molar-refractivity contribution >= 4 is 5.91 Å². The number of benzene rings is 2. The summed E-state index contributed by atoms with van der Waals surface area (Å²) in [5, 5.41) is 7.64. The molecule has 1 N–H and O–H groups in total. The SMILES string of the molecule is CCOc1ccc(C2c3c(-c4ccc(C)cc4)n[nH]c3C(=O)N2C2CCCC2)cc1. The molecule has 2 aliphatic rings. The summed E-state index contributed by atoms with van der Waals surface area (Å²) in [5.41, 5.74) is 5.86. The molecule has 30 heavy (non-hydrogen) atoms. The summed E-state index contributed by atoms with van der Waals surface area (Å²) >= 11 is 0. The molecule has 0 spiro atoms. The number of ether oxygens (including phenoxy) is 1. The van der Waals surface area contributed by atoms with E-state index in [0.717, 1.165) is 41.0 Å². The molecule has 1 amide bonds. The van der Waals surface area contributed by atoms with Gasteiger partial charge in [-0.15, -0.1) is 0 Å². The highest BCUT2D eigenvalue weighted by molar-refractivity contribution is 6.00. The number of amides is 1. The number of fused-ring (bicyclic) bond motifs is 1. The van der Waals surface area contributed by atoms with Gasteiger partial charge in [-0.3, -0.25) is 9.89 Å². The maximum Gasteiger partial charge on any atom is 0.273 e. The number of nitrogens with zero attached hydrogens (tertiary/aromatic N) is 2. The average Bonchev–Trinajstić information content (AvgIpc) is 3.48. The predicted molar refractivity (Wildman–Crippen MR) is 117 cm³/mol. The molecule has 5 nitrogen and oxygen atoms in total. The molecule has 1 unspecified atom stereocenters. The van der Waals surface area contributed by atoms with Gasteiger partial charge in [0.15, 0.2) is 0 Å². The number of rotatable bonds is 5. The summed E-state index contributed by atoms with van der Waals surface area (Å²) in [5.74, 6) is 0.922. The standard InChI is InChI=1S/C25H27N3O2/c1-3-30-20-14-12-18(13-15-20)24-21-22(17-10-8-16(2)9-11-17)26-27-23(21)25(29)28(24)19-6-4-5-7-19/h8-15,19,24H,3-7H2,1-2H3,(H,26,27). The van der Waals surface area contributed by atoms with Crippen LogP contribution in [0.5, 0.6) is 5.75 Å². The van der Waals surface area contributed by atoms with E-state index in [9.17, 15) is 4.79 Å². The highest BCUT2D eigenvalue weighted by Crippen LogP contribution is 2.46. The lowest BCUT2D eigenvalue weighted by atomic mass is 9.95. The van der Waals surface area contributed by atoms with Crippen LogP contribution in [-0.4, -0.2) is 33.7 Å². The van der Waals surface area contributed by atoms with E-state index in [1.165, 1.54) is 18.4 Å². The van der Waals surface area contributed by atoms with Crippen LogP contribution in [0, 0.1) is 6.92 Å². The van der Waals surface area contributed by atoms with E-state index >= 15 is 0 Å². The van der Waals surface area contributed by atoms with Crippen molar-refractivity contribution in [3.8, 4) is 17.0 Å². The van der Waals surface area contributed by atoms with Crippen LogP contribution in [0.25, 0.3) is 11.3 Å². The molecule has 1 aliphatic heterocycles. The van der Waals surface area contributed by atoms with Crippen molar-refractivity contribution in [1.82, 2.24) is 15.1 Å². The Morgan fingerprint density at radius 2 is 1.77 bits per heavy atom. The second-order valence-electron chi connectivity index (χ2n) is 8.28. The molecule has 1 saturated carbocycles. The number of aryl methyl sites for hydroxylation is 1. The van der Waals surface area contributed by atoms with Gasteiger partial charge in [0, 0.05) is 17.2 Å². The lowest BCUT2D eigenvalue weighted by molar-refractivity contribution is 0.0660. The van der Waals surface area contributed by atoms with Gasteiger partial charge in [0.1, 0.15) is 11.4 Å². The largest absolute Gasteiger partial charge is 0.494 e. The van der Waals surface area contributed by atoms with Gasteiger partial charge in [-0.1, -0.05) is 54.8 Å². The minimum atomic E-state index is -0.124. The van der Waals surface area contributed by atoms with E-state index < -0.39 is 0 Å². The molecule has 1 aliphatic carbocycles. The average molecular weight is 402 g/mol. The number of hydrogen-bond acceptors (Lipinski definition) is 3. The van der Waals surface area contributed by atoms with Crippen LogP contribution in [0.15, 0.2) is 48.5 Å². The molecular formula is C25H27N3O2. The minimum absolute atomic E-state index is 0.0710. The molecule has 1 fully saturated rings. The van der Waals surface area contributed by atoms with Crippen LogP contribution in [-0.2, 0) is 0 Å². The monoisotopic (exact) mass is 401 g/mol. The third-order valence-electron chi connectivity index (χ3n) is 6.35. The molecule has 5 heteroatoms. The Hall–Kier alpha value is -3.08. The first-order chi connectivity index (χ1) is 14.7. The molecule has 0 saturated heterocycles. The first-order valence-corrected chi connectivity index (χ1v) is 10.9. The highest BCUT2D eigenvalue weighted by atomic mass is 16.5. The first-order valence-electron chi connectivity index (χ1n) is 10.9. The van der Waals surface area contributed by atoms with Gasteiger partial charge < -0.3 is 9.64 Å². The van der Waals surface area contributed by atoms with Gasteiger partial charge in [-0.2, -0.15) is 5.10 Å². The molecule has 5 rings (SSSR count). The Balaban J connectivity index is 1.62. The van der Waals surface area contributed by atoms with Crippen LogP contribution >= 0.6 is 0 Å². The molecule has 0 radical (unpaired) electrons. The van der Waals surface area contributed by atoms with Crippen molar-refractivity contribution in [3.63, 3.8) is 0 Å². The normalized spacial score (nSPS) is 18.8. The number of aromatic nitrogens is 2. The van der Waals surface area contributed by atoms with Crippen LogP contribution in [0.2, 0.25) is 0 Å². The number of nitrogens with one attached hydrogen (secondary N) is 1. The van der Waals surface area contributed by atoms with Crippen molar-refractivity contribution in [1.29, 1.82) is 0 Å². The van der Waals surface area contributed by atoms with Crippen LogP contribution < -0.4 is 4.74 Å². The Labute approximate surface area is 177 Å². The molecule has 1 aromatic heterocycles. The van der Waals surface area contributed by atoms with Crippen LogP contribution in [0.1, 0.15) is 65.8 Å². The summed E-state index contributed by atoms with van der Waals surface area (Å²) in [4.78, 5) is 15.6.